The van der Waals surface area contributed by atoms with Crippen molar-refractivity contribution in [3.63, 3.8) is 0 Å². The molecule has 2 rings (SSSR count). The Hall–Kier alpha value is -1.53. The molecule has 0 spiro atoms. The number of nitrogens with one attached hydrogen (secondary N) is 1. The van der Waals surface area contributed by atoms with Crippen LogP contribution in [-0.4, -0.2) is 33.0 Å². The van der Waals surface area contributed by atoms with Gasteiger partial charge in [0.2, 0.25) is 0 Å². The van der Waals surface area contributed by atoms with E-state index in [1.54, 1.807) is 30.2 Å². The molecule has 0 radical (unpaired) electrons. The average molecular weight is 325 g/mol. The molecule has 0 unspecified atom stereocenters. The monoisotopic (exact) mass is 324 g/mol. The van der Waals surface area contributed by atoms with Crippen molar-refractivity contribution in [3.8, 4) is 0 Å². The highest BCUT2D eigenvalue weighted by Gasteiger charge is 2.11. The zero-order valence-electron chi connectivity index (χ0n) is 12.0. The number of hydrogen-bond donors (Lipinski definition) is 1. The summed E-state index contributed by atoms with van der Waals surface area (Å²) in [5, 5.41) is 11.3. The molecule has 0 atom stereocenters. The van der Waals surface area contributed by atoms with Crippen LogP contribution in [0.4, 0.5) is 0 Å². The van der Waals surface area contributed by atoms with Gasteiger partial charge >= 0.3 is 0 Å². The fraction of sp³-hybridized carbons (Fsp3) is 0.357. The highest BCUT2D eigenvalue weighted by molar-refractivity contribution is 7.99. The van der Waals surface area contributed by atoms with Gasteiger partial charge in [0.15, 0.2) is 0 Å². The van der Waals surface area contributed by atoms with Crippen LogP contribution < -0.4 is 5.32 Å². The molecule has 0 saturated heterocycles. The van der Waals surface area contributed by atoms with Gasteiger partial charge in [0.05, 0.1) is 5.56 Å². The Balaban J connectivity index is 1.98. The summed E-state index contributed by atoms with van der Waals surface area (Å²) in [5.74, 6) is 1.63. The molecule has 112 valence electrons. The zero-order chi connectivity index (χ0) is 15.2. The van der Waals surface area contributed by atoms with Crippen LogP contribution in [-0.2, 0) is 6.54 Å². The van der Waals surface area contributed by atoms with Crippen LogP contribution in [0.3, 0.4) is 0 Å². The van der Waals surface area contributed by atoms with E-state index < -0.39 is 0 Å². The first kappa shape index (κ1) is 15.9. The molecule has 0 saturated carbocycles. The van der Waals surface area contributed by atoms with E-state index in [9.17, 15) is 4.79 Å². The van der Waals surface area contributed by atoms with Gasteiger partial charge in [-0.05, 0) is 30.9 Å². The Labute approximate surface area is 133 Å². The predicted molar refractivity (Wildman–Crippen MR) is 84.9 cm³/mol. The number of nitrogens with zero attached hydrogens (tertiary/aromatic N) is 3. The van der Waals surface area contributed by atoms with E-state index >= 15 is 0 Å². The number of aryl methyl sites for hydroxylation is 1. The molecule has 0 fully saturated rings. The van der Waals surface area contributed by atoms with Gasteiger partial charge < -0.3 is 9.88 Å². The molecule has 7 heteroatoms. The number of carbonyl (C=O) groups excluding carboxylic acids is 1. The van der Waals surface area contributed by atoms with E-state index in [-0.39, 0.29) is 5.91 Å². The van der Waals surface area contributed by atoms with Crippen molar-refractivity contribution in [1.82, 2.24) is 20.1 Å². The molecule has 2 aromatic rings. The first-order valence-electron chi connectivity index (χ1n) is 6.66. The minimum absolute atomic E-state index is 0.0895. The Bertz CT molecular complexity index is 629. The van der Waals surface area contributed by atoms with E-state index in [2.05, 4.69) is 15.5 Å². The van der Waals surface area contributed by atoms with Gasteiger partial charge in [0.25, 0.3) is 5.91 Å². The second-order valence-corrected chi connectivity index (χ2v) is 6.14. The van der Waals surface area contributed by atoms with Gasteiger partial charge in [-0.25, -0.2) is 0 Å². The van der Waals surface area contributed by atoms with Crippen LogP contribution in [0.2, 0.25) is 5.02 Å². The lowest BCUT2D eigenvalue weighted by Gasteiger charge is -2.10. The Kier molecular flexibility index (Phi) is 5.64. The average Bonchev–Trinajstić information content (AvgIpc) is 2.85. The smallest absolute Gasteiger partial charge is 0.252 e. The summed E-state index contributed by atoms with van der Waals surface area (Å²) in [6.45, 7) is 5.09. The molecule has 5 nitrogen and oxygen atoms in total. The topological polar surface area (TPSA) is 59.8 Å². The van der Waals surface area contributed by atoms with Crippen molar-refractivity contribution in [3.05, 3.63) is 40.9 Å². The second-order valence-electron chi connectivity index (χ2n) is 4.40. The van der Waals surface area contributed by atoms with Gasteiger partial charge in [-0.1, -0.05) is 18.5 Å². The summed E-state index contributed by atoms with van der Waals surface area (Å²) in [6.07, 6.45) is 1.65. The second kappa shape index (κ2) is 7.47. The number of halogens is 1. The largest absolute Gasteiger partial charge is 0.350 e. The van der Waals surface area contributed by atoms with Crippen LogP contribution in [0.5, 0.6) is 0 Å². The maximum absolute atomic E-state index is 12.3. The Morgan fingerprint density at radius 3 is 2.95 bits per heavy atom. The number of carbonyl (C=O) groups is 1. The molecular formula is C14H17ClN4OS. The quantitative estimate of drug-likeness (QED) is 0.830. The van der Waals surface area contributed by atoms with Gasteiger partial charge in [-0.15, -0.1) is 22.0 Å². The van der Waals surface area contributed by atoms with Crippen molar-refractivity contribution in [2.45, 2.75) is 25.3 Å². The predicted octanol–water partition coefficient (Wildman–Crippen LogP) is 2.78. The molecule has 21 heavy (non-hydrogen) atoms. The summed E-state index contributed by atoms with van der Waals surface area (Å²) in [5.41, 5.74) is 0.659. The Morgan fingerprint density at radius 1 is 1.48 bits per heavy atom. The lowest BCUT2D eigenvalue weighted by atomic mass is 10.2. The number of rotatable bonds is 6. The van der Waals surface area contributed by atoms with Crippen LogP contribution in [0.15, 0.2) is 29.4 Å². The van der Waals surface area contributed by atoms with E-state index in [1.165, 1.54) is 0 Å². The third-order valence-electron chi connectivity index (χ3n) is 2.94. The highest BCUT2D eigenvalue weighted by atomic mass is 35.5. The van der Waals surface area contributed by atoms with E-state index in [0.717, 1.165) is 16.5 Å². The van der Waals surface area contributed by atoms with Crippen LogP contribution in [0.25, 0.3) is 0 Å². The maximum atomic E-state index is 12.3. The molecular weight excluding hydrogens is 308 g/mol. The molecule has 1 heterocycles. The normalized spacial score (nSPS) is 10.6. The van der Waals surface area contributed by atoms with Gasteiger partial charge in [0, 0.05) is 23.0 Å². The minimum atomic E-state index is -0.0895. The first-order chi connectivity index (χ1) is 10.1. The number of aromatic nitrogens is 3. The summed E-state index contributed by atoms with van der Waals surface area (Å²) < 4.78 is 1.89. The molecule has 1 amide bonds. The molecule has 0 aliphatic carbocycles. The molecule has 0 bridgehead atoms. The third-order valence-corrected chi connectivity index (χ3v) is 4.11. The Morgan fingerprint density at radius 2 is 2.29 bits per heavy atom. The summed E-state index contributed by atoms with van der Waals surface area (Å²) >= 11 is 7.59. The third kappa shape index (κ3) is 4.22. The summed E-state index contributed by atoms with van der Waals surface area (Å²) in [6, 6.07) is 5.33. The van der Waals surface area contributed by atoms with Gasteiger partial charge in [-0.3, -0.25) is 4.79 Å². The SMILES string of the molecule is CCSc1cc(Cl)ccc1C(=O)NCCn1cnnc1C. The fourth-order valence-corrected chi connectivity index (χ4v) is 2.95. The lowest BCUT2D eigenvalue weighted by Crippen LogP contribution is -2.27. The molecule has 0 aliphatic rings. The van der Waals surface area contributed by atoms with Crippen molar-refractivity contribution in [2.24, 2.45) is 0 Å². The standard InChI is InChI=1S/C14H17ClN4OS/c1-3-21-13-8-11(15)4-5-12(13)14(20)16-6-7-19-9-17-18-10(19)2/h4-5,8-9H,3,6-7H2,1-2H3,(H,16,20). The van der Waals surface area contributed by atoms with Gasteiger partial charge in [0.1, 0.15) is 12.2 Å². The number of benzene rings is 1. The van der Waals surface area contributed by atoms with Crippen molar-refractivity contribution < 1.29 is 4.79 Å². The van der Waals surface area contributed by atoms with Crippen molar-refractivity contribution in [2.75, 3.05) is 12.3 Å². The number of amides is 1. The number of hydrogen-bond acceptors (Lipinski definition) is 4. The summed E-state index contributed by atoms with van der Waals surface area (Å²) in [7, 11) is 0. The van der Waals surface area contributed by atoms with Crippen molar-refractivity contribution >= 4 is 29.3 Å². The van der Waals surface area contributed by atoms with Crippen molar-refractivity contribution in [1.29, 1.82) is 0 Å². The van der Waals surface area contributed by atoms with Crippen LogP contribution in [0.1, 0.15) is 23.1 Å². The highest BCUT2D eigenvalue weighted by Crippen LogP contribution is 2.26. The van der Waals surface area contributed by atoms with E-state index in [1.807, 2.05) is 24.5 Å². The maximum Gasteiger partial charge on any atom is 0.252 e. The minimum Gasteiger partial charge on any atom is -0.350 e. The van der Waals surface area contributed by atoms with E-state index in [4.69, 9.17) is 11.6 Å². The number of thioether (sulfide) groups is 1. The summed E-state index contributed by atoms with van der Waals surface area (Å²) in [4.78, 5) is 13.2. The molecule has 1 aromatic carbocycles. The molecule has 1 N–H and O–H groups in total. The van der Waals surface area contributed by atoms with Crippen LogP contribution in [0, 0.1) is 6.92 Å². The van der Waals surface area contributed by atoms with E-state index in [0.29, 0.717) is 23.7 Å². The fourth-order valence-electron chi connectivity index (χ4n) is 1.88. The first-order valence-corrected chi connectivity index (χ1v) is 8.03. The van der Waals surface area contributed by atoms with Crippen LogP contribution >= 0.6 is 23.4 Å². The molecule has 1 aromatic heterocycles. The zero-order valence-corrected chi connectivity index (χ0v) is 13.5. The van der Waals surface area contributed by atoms with Gasteiger partial charge in [-0.2, -0.15) is 0 Å². The lowest BCUT2D eigenvalue weighted by molar-refractivity contribution is 0.0949. The molecule has 0 aliphatic heterocycles.